The molecule has 0 amide bonds. The Morgan fingerprint density at radius 2 is 1.94 bits per heavy atom. The number of morpholine rings is 1. The van der Waals surface area contributed by atoms with Gasteiger partial charge in [0.05, 0.1) is 18.9 Å². The molecular weight excluding hydrogens is 240 g/mol. The monoisotopic (exact) mass is 256 g/mol. The van der Waals surface area contributed by atoms with Crippen molar-refractivity contribution in [3.05, 3.63) is 23.8 Å². The van der Waals surface area contributed by atoms with E-state index in [-0.39, 0.29) is 4.90 Å². The summed E-state index contributed by atoms with van der Waals surface area (Å²) in [4.78, 5) is 0.194. The van der Waals surface area contributed by atoms with Gasteiger partial charge in [-0.15, -0.1) is 0 Å². The van der Waals surface area contributed by atoms with Gasteiger partial charge in [-0.05, 0) is 24.6 Å². The van der Waals surface area contributed by atoms with Crippen molar-refractivity contribution in [3.8, 4) is 0 Å². The summed E-state index contributed by atoms with van der Waals surface area (Å²) in [5.74, 6) is 0. The Bertz CT molecular complexity index is 507. The predicted octanol–water partition coefficient (Wildman–Crippen LogP) is 0.598. The predicted molar refractivity (Wildman–Crippen MR) is 65.2 cm³/mol. The van der Waals surface area contributed by atoms with Crippen molar-refractivity contribution in [2.45, 2.75) is 11.8 Å². The molecule has 0 spiro atoms. The van der Waals surface area contributed by atoms with Gasteiger partial charge in [-0.25, -0.2) is 8.42 Å². The molecule has 0 saturated carbocycles. The van der Waals surface area contributed by atoms with Crippen LogP contribution in [0.25, 0.3) is 0 Å². The zero-order valence-corrected chi connectivity index (χ0v) is 10.5. The number of sulfonamides is 1. The molecule has 2 rings (SSSR count). The molecule has 5 nitrogen and oxygen atoms in total. The van der Waals surface area contributed by atoms with Crippen LogP contribution in [0.3, 0.4) is 0 Å². The number of aryl methyl sites for hydroxylation is 1. The molecule has 0 aromatic heterocycles. The van der Waals surface area contributed by atoms with E-state index in [1.807, 2.05) is 6.92 Å². The van der Waals surface area contributed by atoms with Crippen LogP contribution in [0, 0.1) is 6.92 Å². The van der Waals surface area contributed by atoms with Crippen molar-refractivity contribution < 1.29 is 13.2 Å². The van der Waals surface area contributed by atoms with Crippen LogP contribution < -0.4 is 5.73 Å². The minimum Gasteiger partial charge on any atom is -0.398 e. The summed E-state index contributed by atoms with van der Waals surface area (Å²) in [6.07, 6.45) is 0. The van der Waals surface area contributed by atoms with Gasteiger partial charge in [0.15, 0.2) is 0 Å². The Kier molecular flexibility index (Phi) is 3.37. The number of benzene rings is 1. The first-order valence-electron chi connectivity index (χ1n) is 5.46. The largest absolute Gasteiger partial charge is 0.398 e. The smallest absolute Gasteiger partial charge is 0.245 e. The maximum Gasteiger partial charge on any atom is 0.245 e. The van der Waals surface area contributed by atoms with Crippen LogP contribution in [0.2, 0.25) is 0 Å². The van der Waals surface area contributed by atoms with Crippen molar-refractivity contribution in [1.29, 1.82) is 0 Å². The summed E-state index contributed by atoms with van der Waals surface area (Å²) >= 11 is 0. The lowest BCUT2D eigenvalue weighted by atomic mass is 10.2. The van der Waals surface area contributed by atoms with E-state index < -0.39 is 10.0 Å². The molecule has 17 heavy (non-hydrogen) atoms. The van der Waals surface area contributed by atoms with Gasteiger partial charge in [0.1, 0.15) is 4.90 Å². The first kappa shape index (κ1) is 12.3. The highest BCUT2D eigenvalue weighted by Gasteiger charge is 2.27. The molecule has 2 N–H and O–H groups in total. The lowest BCUT2D eigenvalue weighted by Gasteiger charge is -2.26. The van der Waals surface area contributed by atoms with Gasteiger partial charge in [-0.2, -0.15) is 4.31 Å². The Balaban J connectivity index is 2.40. The molecule has 1 fully saturated rings. The van der Waals surface area contributed by atoms with Crippen molar-refractivity contribution in [2.75, 3.05) is 32.0 Å². The highest BCUT2D eigenvalue weighted by Crippen LogP contribution is 2.24. The number of hydrogen-bond acceptors (Lipinski definition) is 4. The lowest BCUT2D eigenvalue weighted by Crippen LogP contribution is -2.40. The van der Waals surface area contributed by atoms with E-state index in [1.54, 1.807) is 18.2 Å². The third-order valence-corrected chi connectivity index (χ3v) is 4.71. The van der Waals surface area contributed by atoms with E-state index >= 15 is 0 Å². The van der Waals surface area contributed by atoms with E-state index in [4.69, 9.17) is 10.5 Å². The van der Waals surface area contributed by atoms with E-state index in [9.17, 15) is 8.42 Å². The van der Waals surface area contributed by atoms with Crippen LogP contribution in [0.15, 0.2) is 23.1 Å². The standard InChI is InChI=1S/C11H16N2O3S/c1-9-2-3-10(12)11(8-9)17(14,15)13-4-6-16-7-5-13/h2-3,8H,4-7,12H2,1H3. The molecule has 1 aromatic rings. The van der Waals surface area contributed by atoms with Crippen molar-refractivity contribution in [3.63, 3.8) is 0 Å². The maximum atomic E-state index is 12.4. The first-order chi connectivity index (χ1) is 8.01. The summed E-state index contributed by atoms with van der Waals surface area (Å²) in [5.41, 5.74) is 6.92. The molecule has 94 valence electrons. The van der Waals surface area contributed by atoms with E-state index in [2.05, 4.69) is 0 Å². The van der Waals surface area contributed by atoms with E-state index in [1.165, 1.54) is 4.31 Å². The highest BCUT2D eigenvalue weighted by atomic mass is 32.2. The minimum atomic E-state index is -3.49. The molecule has 0 aliphatic carbocycles. The van der Waals surface area contributed by atoms with Gasteiger partial charge in [0, 0.05) is 13.1 Å². The van der Waals surface area contributed by atoms with Gasteiger partial charge in [0.25, 0.3) is 0 Å². The molecule has 1 heterocycles. The lowest BCUT2D eigenvalue weighted by molar-refractivity contribution is 0.0730. The Hall–Kier alpha value is -1.11. The van der Waals surface area contributed by atoms with Gasteiger partial charge in [-0.1, -0.05) is 6.07 Å². The molecule has 0 bridgehead atoms. The zero-order valence-electron chi connectivity index (χ0n) is 9.72. The number of ether oxygens (including phenoxy) is 1. The maximum absolute atomic E-state index is 12.4. The van der Waals surface area contributed by atoms with Crippen molar-refractivity contribution in [2.24, 2.45) is 0 Å². The molecule has 0 unspecified atom stereocenters. The Morgan fingerprint density at radius 3 is 2.59 bits per heavy atom. The van der Waals surface area contributed by atoms with Crippen molar-refractivity contribution in [1.82, 2.24) is 4.31 Å². The van der Waals surface area contributed by atoms with Crippen LogP contribution in [-0.2, 0) is 14.8 Å². The second-order valence-corrected chi connectivity index (χ2v) is 5.96. The third kappa shape index (κ3) is 2.43. The Morgan fingerprint density at radius 1 is 1.29 bits per heavy atom. The molecule has 1 aliphatic heterocycles. The molecule has 1 aliphatic rings. The normalized spacial score (nSPS) is 18.2. The SMILES string of the molecule is Cc1ccc(N)c(S(=O)(=O)N2CCOCC2)c1. The average molecular weight is 256 g/mol. The molecule has 0 atom stereocenters. The summed E-state index contributed by atoms with van der Waals surface area (Å²) in [7, 11) is -3.49. The quantitative estimate of drug-likeness (QED) is 0.786. The number of rotatable bonds is 2. The van der Waals surface area contributed by atoms with E-state index in [0.717, 1.165) is 5.56 Å². The van der Waals surface area contributed by atoms with Crippen LogP contribution >= 0.6 is 0 Å². The first-order valence-corrected chi connectivity index (χ1v) is 6.90. The summed E-state index contributed by atoms with van der Waals surface area (Å²) in [5, 5.41) is 0. The van der Waals surface area contributed by atoms with E-state index in [0.29, 0.717) is 32.0 Å². The van der Waals surface area contributed by atoms with Gasteiger partial charge < -0.3 is 10.5 Å². The fraction of sp³-hybridized carbons (Fsp3) is 0.455. The Labute approximate surface area is 101 Å². The molecule has 1 aromatic carbocycles. The number of hydrogen-bond donors (Lipinski definition) is 1. The fourth-order valence-electron chi connectivity index (χ4n) is 1.79. The number of nitrogen functional groups attached to an aromatic ring is 1. The summed E-state index contributed by atoms with van der Waals surface area (Å²) in [6.45, 7) is 3.49. The number of anilines is 1. The second kappa shape index (κ2) is 4.64. The molecule has 6 heteroatoms. The average Bonchev–Trinajstić information content (AvgIpc) is 2.33. The second-order valence-electron chi connectivity index (χ2n) is 4.06. The fourth-order valence-corrected chi connectivity index (χ4v) is 3.40. The topological polar surface area (TPSA) is 72.6 Å². The van der Waals surface area contributed by atoms with Gasteiger partial charge in [0.2, 0.25) is 10.0 Å². The molecular formula is C11H16N2O3S. The summed E-state index contributed by atoms with van der Waals surface area (Å²) < 4.78 is 31.3. The van der Waals surface area contributed by atoms with Crippen LogP contribution in [-0.4, -0.2) is 39.0 Å². The number of nitrogens with zero attached hydrogens (tertiary/aromatic N) is 1. The van der Waals surface area contributed by atoms with Gasteiger partial charge >= 0.3 is 0 Å². The van der Waals surface area contributed by atoms with Gasteiger partial charge in [-0.3, -0.25) is 0 Å². The third-order valence-electron chi connectivity index (χ3n) is 2.76. The molecule has 1 saturated heterocycles. The molecule has 0 radical (unpaired) electrons. The van der Waals surface area contributed by atoms with Crippen LogP contribution in [0.4, 0.5) is 5.69 Å². The van der Waals surface area contributed by atoms with Crippen LogP contribution in [0.1, 0.15) is 5.56 Å². The van der Waals surface area contributed by atoms with Crippen LogP contribution in [0.5, 0.6) is 0 Å². The van der Waals surface area contributed by atoms with Crippen molar-refractivity contribution >= 4 is 15.7 Å². The number of nitrogens with two attached hydrogens (primary N) is 1. The summed E-state index contributed by atoms with van der Waals surface area (Å²) in [6, 6.07) is 5.04. The minimum absolute atomic E-state index is 0.194. The highest BCUT2D eigenvalue weighted by molar-refractivity contribution is 7.89. The zero-order chi connectivity index (χ0) is 12.5.